The van der Waals surface area contributed by atoms with Crippen molar-refractivity contribution < 1.29 is 58.2 Å². The fourth-order valence-corrected chi connectivity index (χ4v) is 7.76. The van der Waals surface area contributed by atoms with Gasteiger partial charge in [0.25, 0.3) is 0 Å². The number of benzene rings is 3. The van der Waals surface area contributed by atoms with E-state index in [0.29, 0.717) is 11.3 Å². The quantitative estimate of drug-likeness (QED) is 0.0383. The Hall–Kier alpha value is -6.25. The number of carboxylic acids is 1. The van der Waals surface area contributed by atoms with Gasteiger partial charge in [0.15, 0.2) is 35.5 Å². The second kappa shape index (κ2) is 22.6. The number of ketones is 1. The minimum atomic E-state index is -1.15. The number of Topliss-reactive ketones (excluding diaryl/α,β-unsaturated/α-hetero) is 1. The lowest BCUT2D eigenvalue weighted by atomic mass is 9.67. The summed E-state index contributed by atoms with van der Waals surface area (Å²) in [6, 6.07) is 15.8. The number of aliphatic carboxylic acids is 1. The summed E-state index contributed by atoms with van der Waals surface area (Å²) in [5.41, 5.74) is 1.02. The van der Waals surface area contributed by atoms with Crippen molar-refractivity contribution in [3.8, 4) is 62.9 Å². The number of ether oxygens (including phenoxy) is 5. The number of methoxy groups -OCH3 is 1. The maximum atomic E-state index is 12.9. The van der Waals surface area contributed by atoms with Crippen molar-refractivity contribution in [1.29, 1.82) is 0 Å². The molecule has 0 aliphatic heterocycles. The summed E-state index contributed by atoms with van der Waals surface area (Å²) in [4.78, 5) is 62.9. The molecule has 0 radical (unpaired) electrons. The van der Waals surface area contributed by atoms with E-state index in [4.69, 9.17) is 23.7 Å². The number of unbranched alkanes of at least 4 members (excludes halogenated alkanes) is 4. The second-order valence-corrected chi connectivity index (χ2v) is 15.7. The van der Waals surface area contributed by atoms with Crippen LogP contribution in [0, 0.1) is 17.8 Å². The summed E-state index contributed by atoms with van der Waals surface area (Å²) >= 11 is 0. The summed E-state index contributed by atoms with van der Waals surface area (Å²) in [6.45, 7) is 6.02. The highest BCUT2D eigenvalue weighted by Crippen LogP contribution is 2.42. The van der Waals surface area contributed by atoms with E-state index in [1.807, 2.05) is 0 Å². The molecule has 15 nitrogen and oxygen atoms in total. The van der Waals surface area contributed by atoms with Crippen LogP contribution in [0.4, 0.5) is 0 Å². The lowest BCUT2D eigenvalue weighted by molar-refractivity contribution is -0.172. The lowest BCUT2D eigenvalue weighted by Crippen LogP contribution is -2.32. The first-order chi connectivity index (χ1) is 29.8. The molecule has 5 atom stereocenters. The number of phenols is 2. The van der Waals surface area contributed by atoms with E-state index in [9.17, 15) is 34.5 Å². The lowest BCUT2D eigenvalue weighted by Gasteiger charge is -2.37. The molecule has 1 fully saturated rings. The minimum absolute atomic E-state index is 0.000666. The predicted octanol–water partition coefficient (Wildman–Crippen LogP) is 8.72. The highest BCUT2D eigenvalue weighted by molar-refractivity contribution is 5.80. The number of aromatic hydroxyl groups is 2. The van der Waals surface area contributed by atoms with Gasteiger partial charge in [-0.3, -0.25) is 14.4 Å². The van der Waals surface area contributed by atoms with Gasteiger partial charge in [0.05, 0.1) is 18.2 Å². The first-order valence-electron chi connectivity index (χ1n) is 21.2. The molecule has 0 bridgehead atoms. The van der Waals surface area contributed by atoms with Crippen molar-refractivity contribution in [2.24, 2.45) is 17.8 Å². The van der Waals surface area contributed by atoms with Gasteiger partial charge in [-0.1, -0.05) is 45.4 Å². The summed E-state index contributed by atoms with van der Waals surface area (Å²) < 4.78 is 27.2. The van der Waals surface area contributed by atoms with Crippen LogP contribution < -0.4 is 14.2 Å². The number of aromatic nitrogens is 3. The van der Waals surface area contributed by atoms with E-state index in [0.717, 1.165) is 51.4 Å². The molecule has 1 aliphatic rings. The Morgan fingerprint density at radius 1 is 0.710 bits per heavy atom. The molecule has 4 aromatic rings. The first kappa shape index (κ1) is 46.8. The molecule has 0 amide bonds. The third-order valence-electron chi connectivity index (χ3n) is 11.2. The molecule has 5 unspecified atom stereocenters. The van der Waals surface area contributed by atoms with E-state index < -0.39 is 36.9 Å². The van der Waals surface area contributed by atoms with Crippen molar-refractivity contribution in [2.75, 3.05) is 13.9 Å². The number of carbonyl (C=O) groups excluding carboxylic acids is 3. The van der Waals surface area contributed by atoms with Gasteiger partial charge >= 0.3 is 17.9 Å². The number of carbonyl (C=O) groups is 4. The molecule has 1 saturated carbocycles. The molecule has 0 spiro atoms. The Kier molecular flexibility index (Phi) is 17.0. The van der Waals surface area contributed by atoms with Crippen molar-refractivity contribution in [1.82, 2.24) is 15.0 Å². The second-order valence-electron chi connectivity index (χ2n) is 15.7. The third kappa shape index (κ3) is 13.1. The largest absolute Gasteiger partial charge is 0.507 e. The fourth-order valence-electron chi connectivity index (χ4n) is 7.76. The highest BCUT2D eigenvalue weighted by atomic mass is 16.7. The maximum Gasteiger partial charge on any atom is 0.349 e. The van der Waals surface area contributed by atoms with E-state index >= 15 is 0 Å². The monoisotopic (exact) mass is 855 g/mol. The summed E-state index contributed by atoms with van der Waals surface area (Å²) in [7, 11) is 1.55. The molecule has 3 N–H and O–H groups in total. The van der Waals surface area contributed by atoms with Gasteiger partial charge in [0.2, 0.25) is 6.79 Å². The van der Waals surface area contributed by atoms with E-state index in [1.54, 1.807) is 50.4 Å². The molecule has 15 heteroatoms. The van der Waals surface area contributed by atoms with Gasteiger partial charge in [-0.05, 0) is 106 Å². The zero-order valence-corrected chi connectivity index (χ0v) is 36.0. The van der Waals surface area contributed by atoms with E-state index in [-0.39, 0.29) is 88.0 Å². The van der Waals surface area contributed by atoms with Crippen LogP contribution >= 0.6 is 0 Å². The average molecular weight is 856 g/mol. The highest BCUT2D eigenvalue weighted by Gasteiger charge is 2.35. The number of esters is 2. The minimum Gasteiger partial charge on any atom is -0.507 e. The predicted molar refractivity (Wildman–Crippen MR) is 228 cm³/mol. The summed E-state index contributed by atoms with van der Waals surface area (Å²) in [5.74, 6) is -1.30. The average Bonchev–Trinajstić information content (AvgIpc) is 3.24. The van der Waals surface area contributed by atoms with Crippen molar-refractivity contribution in [3.05, 3.63) is 60.7 Å². The van der Waals surface area contributed by atoms with Crippen LogP contribution in [-0.2, 0) is 28.7 Å². The van der Waals surface area contributed by atoms with Crippen molar-refractivity contribution >= 4 is 23.7 Å². The Bertz CT molecular complexity index is 2160. The molecule has 332 valence electrons. The molecule has 0 saturated heterocycles. The number of hydrogen-bond donors (Lipinski definition) is 3. The van der Waals surface area contributed by atoms with E-state index in [2.05, 4.69) is 21.9 Å². The fraction of sp³-hybridized carbons (Fsp3) is 0.468. The van der Waals surface area contributed by atoms with Gasteiger partial charge in [0, 0.05) is 30.5 Å². The smallest absolute Gasteiger partial charge is 0.349 e. The van der Waals surface area contributed by atoms with Crippen LogP contribution in [0.2, 0.25) is 0 Å². The molecular formula is C47H57N3O12. The molecule has 1 aliphatic carbocycles. The first-order valence-corrected chi connectivity index (χ1v) is 21.2. The van der Waals surface area contributed by atoms with Crippen LogP contribution in [0.3, 0.4) is 0 Å². The molecule has 3 aromatic carbocycles. The Morgan fingerprint density at radius 2 is 1.26 bits per heavy atom. The van der Waals surface area contributed by atoms with Crippen LogP contribution in [0.5, 0.6) is 28.7 Å². The molecule has 62 heavy (non-hydrogen) atoms. The number of carboxylic acid groups (broad SMARTS) is 1. The van der Waals surface area contributed by atoms with Gasteiger partial charge in [-0.2, -0.15) is 0 Å². The number of rotatable bonds is 22. The normalized spacial score (nSPS) is 17.0. The molecule has 1 heterocycles. The van der Waals surface area contributed by atoms with Crippen LogP contribution in [0.1, 0.15) is 98.3 Å². The zero-order chi connectivity index (χ0) is 44.8. The van der Waals surface area contributed by atoms with E-state index in [1.165, 1.54) is 44.5 Å². The Balaban J connectivity index is 1.24. The van der Waals surface area contributed by atoms with Crippen LogP contribution in [0.15, 0.2) is 60.7 Å². The number of nitrogens with zero attached hydrogens (tertiary/aromatic N) is 3. The molecular weight excluding hydrogens is 799 g/mol. The Morgan fingerprint density at radius 3 is 1.81 bits per heavy atom. The SMILES string of the molecule is CCCCCCCC1C(CC(=O)O)CCCC1CC(=O)OCOC(=O)C(C)Oc1ccc(-c2nc(-c3ccc(OC)cc3)nc(-c3ccc(OC(C)C(C)=O)cc3O)n2)c(O)c1. The topological polar surface area (TPSA) is 214 Å². The number of phenolic OH excluding ortho intramolecular Hbond substituents is 2. The summed E-state index contributed by atoms with van der Waals surface area (Å²) in [6.07, 6.45) is 7.24. The standard InChI is InChI=1S/C47H57N3O12/c1-6-7-8-9-10-14-37-32(23-42(54)55)12-11-13-33(37)24-43(56)59-27-60-47(57)30(4)62-36-20-22-39(41(53)26-36)46-49-44(31-15-17-34(58-5)18-16-31)48-45(50-46)38-21-19-35(25-40(38)52)61-29(3)28(2)51/h15-22,25-26,29-30,32-33,37,52-53H,6-14,23-24,27H2,1-5H3,(H,54,55). The van der Waals surface area contributed by atoms with Crippen molar-refractivity contribution in [2.45, 2.75) is 111 Å². The Labute approximate surface area is 361 Å². The van der Waals surface area contributed by atoms with Crippen molar-refractivity contribution in [3.63, 3.8) is 0 Å². The third-order valence-corrected chi connectivity index (χ3v) is 11.2. The zero-order valence-electron chi connectivity index (χ0n) is 36.0. The van der Waals surface area contributed by atoms with Gasteiger partial charge in [0.1, 0.15) is 28.7 Å². The number of hydrogen-bond acceptors (Lipinski definition) is 14. The van der Waals surface area contributed by atoms with Gasteiger partial charge < -0.3 is 39.0 Å². The maximum absolute atomic E-state index is 12.9. The van der Waals surface area contributed by atoms with Gasteiger partial charge in [-0.15, -0.1) is 0 Å². The van der Waals surface area contributed by atoms with Gasteiger partial charge in [-0.25, -0.2) is 19.7 Å². The van der Waals surface area contributed by atoms with Crippen LogP contribution in [-0.4, -0.2) is 80.1 Å². The molecule has 5 rings (SSSR count). The molecule has 1 aromatic heterocycles. The van der Waals surface area contributed by atoms with Crippen LogP contribution in [0.25, 0.3) is 34.2 Å². The summed E-state index contributed by atoms with van der Waals surface area (Å²) in [5, 5.41) is 31.8.